The first kappa shape index (κ1) is 45.5. The van der Waals surface area contributed by atoms with Crippen molar-refractivity contribution < 1.29 is 38.9 Å². The molecule has 2 heterocycles. The number of benzene rings is 2. The van der Waals surface area contributed by atoms with Gasteiger partial charge in [-0.1, -0.05) is 100 Å². The van der Waals surface area contributed by atoms with E-state index in [2.05, 4.69) is 31.2 Å². The zero-order chi connectivity index (χ0) is 41.9. The molecule has 0 aliphatic carbocycles. The van der Waals surface area contributed by atoms with Gasteiger partial charge in [-0.25, -0.2) is 19.6 Å². The SMILES string of the molecule is CC(C)[C@H](NC(=O)OCc1ccccc1)C(=O)N[C@@H](CSc1ccccn1)[C@@H](O)[C@H](O)[C@H](CSc1ccccn1)NC(=O)[C@@H](NC(=O)OCc1ccccc1)C(C)C. The molecule has 4 aromatic rings. The Morgan fingerprint density at radius 1 is 0.552 bits per heavy atom. The van der Waals surface area contributed by atoms with Gasteiger partial charge in [0.05, 0.1) is 22.1 Å². The predicted molar refractivity (Wildman–Crippen MR) is 223 cm³/mol. The minimum atomic E-state index is -1.64. The lowest BCUT2D eigenvalue weighted by atomic mass is 9.98. The molecule has 0 radical (unpaired) electrons. The van der Waals surface area contributed by atoms with Gasteiger partial charge in [0.25, 0.3) is 0 Å². The average molecular weight is 833 g/mol. The highest BCUT2D eigenvalue weighted by molar-refractivity contribution is 7.99. The molecule has 310 valence electrons. The third kappa shape index (κ3) is 15.3. The summed E-state index contributed by atoms with van der Waals surface area (Å²) in [5.41, 5.74) is 1.54. The van der Waals surface area contributed by atoms with Crippen LogP contribution in [0.4, 0.5) is 9.59 Å². The molecular formula is C42H52N6O8S2. The molecule has 0 bridgehead atoms. The monoisotopic (exact) mass is 832 g/mol. The van der Waals surface area contributed by atoms with Crippen LogP contribution in [0.25, 0.3) is 0 Å². The second-order valence-corrected chi connectivity index (χ2v) is 16.1. The van der Waals surface area contributed by atoms with Gasteiger partial charge in [0.1, 0.15) is 37.5 Å². The van der Waals surface area contributed by atoms with Gasteiger partial charge in [0.15, 0.2) is 0 Å². The van der Waals surface area contributed by atoms with Crippen molar-refractivity contribution in [3.63, 3.8) is 0 Å². The lowest BCUT2D eigenvalue weighted by Crippen LogP contribution is -2.62. The van der Waals surface area contributed by atoms with E-state index in [0.29, 0.717) is 10.1 Å². The number of carbonyl (C=O) groups is 4. The summed E-state index contributed by atoms with van der Waals surface area (Å²) in [5, 5.41) is 35.9. The smallest absolute Gasteiger partial charge is 0.408 e. The van der Waals surface area contributed by atoms with Crippen LogP contribution in [0, 0.1) is 11.8 Å². The van der Waals surface area contributed by atoms with Crippen molar-refractivity contribution in [1.82, 2.24) is 31.2 Å². The number of carbonyl (C=O) groups excluding carboxylic acids is 4. The molecule has 6 atom stereocenters. The molecule has 6 N–H and O–H groups in total. The van der Waals surface area contributed by atoms with Crippen LogP contribution < -0.4 is 21.3 Å². The summed E-state index contributed by atoms with van der Waals surface area (Å²) in [6, 6.07) is 24.5. The van der Waals surface area contributed by atoms with Gasteiger partial charge in [-0.15, -0.1) is 23.5 Å². The maximum absolute atomic E-state index is 13.9. The van der Waals surface area contributed by atoms with Gasteiger partial charge in [-0.05, 0) is 47.2 Å². The van der Waals surface area contributed by atoms with E-state index in [1.54, 1.807) is 76.5 Å². The van der Waals surface area contributed by atoms with E-state index in [1.165, 1.54) is 23.5 Å². The Morgan fingerprint density at radius 2 is 0.914 bits per heavy atom. The highest BCUT2D eigenvalue weighted by atomic mass is 32.2. The highest BCUT2D eigenvalue weighted by Gasteiger charge is 2.38. The quantitative estimate of drug-likeness (QED) is 0.0618. The number of rotatable bonds is 21. The molecule has 0 fully saturated rings. The molecule has 0 aliphatic heterocycles. The number of pyridine rings is 2. The van der Waals surface area contributed by atoms with Crippen LogP contribution in [0.15, 0.2) is 120 Å². The maximum atomic E-state index is 13.9. The summed E-state index contributed by atoms with van der Waals surface area (Å²) in [4.78, 5) is 62.1. The van der Waals surface area contributed by atoms with Crippen LogP contribution in [-0.4, -0.2) is 92.1 Å². The topological polar surface area (TPSA) is 201 Å². The van der Waals surface area contributed by atoms with Gasteiger partial charge in [-0.3, -0.25) is 9.59 Å². The second kappa shape index (κ2) is 23.9. The largest absolute Gasteiger partial charge is 0.445 e. The van der Waals surface area contributed by atoms with Crippen molar-refractivity contribution in [2.45, 2.75) is 87.3 Å². The van der Waals surface area contributed by atoms with Crippen molar-refractivity contribution in [2.75, 3.05) is 11.5 Å². The molecule has 4 amide bonds. The standard InChI is InChI=1S/C42H52N6O8S2/c1-27(2)35(47-41(53)55-23-29-15-7-5-8-16-29)39(51)45-31(25-57-33-19-11-13-21-43-33)37(49)38(50)32(26-58-34-20-12-14-22-44-34)46-40(52)36(28(3)4)48-42(54)56-24-30-17-9-6-10-18-30/h5-22,27-28,31-32,35-38,49-50H,23-26H2,1-4H3,(H,45,51)(H,46,52)(H,47,53)(H,48,54)/t31-,32-,35-,36-,37+,38+/m0/s1. The van der Waals surface area contributed by atoms with Gasteiger partial charge < -0.3 is 41.0 Å². The van der Waals surface area contributed by atoms with Gasteiger partial charge in [0.2, 0.25) is 11.8 Å². The number of thioether (sulfide) groups is 2. The number of aliphatic hydroxyl groups is 2. The van der Waals surface area contributed by atoms with E-state index in [0.717, 1.165) is 11.1 Å². The Labute approximate surface area is 347 Å². The number of amides is 4. The second-order valence-electron chi connectivity index (χ2n) is 14.0. The number of aromatic nitrogens is 2. The van der Waals surface area contributed by atoms with E-state index in [4.69, 9.17) is 9.47 Å². The van der Waals surface area contributed by atoms with Gasteiger partial charge >= 0.3 is 12.2 Å². The number of nitrogens with zero attached hydrogens (tertiary/aromatic N) is 2. The first-order valence-electron chi connectivity index (χ1n) is 18.9. The molecule has 0 spiro atoms. The maximum Gasteiger partial charge on any atom is 0.408 e. The number of nitrogens with one attached hydrogen (secondary N) is 4. The molecule has 16 heteroatoms. The summed E-state index contributed by atoms with van der Waals surface area (Å²) in [6.07, 6.45) is -1.67. The molecule has 0 saturated heterocycles. The molecule has 0 unspecified atom stereocenters. The predicted octanol–water partition coefficient (Wildman–Crippen LogP) is 4.95. The zero-order valence-corrected chi connectivity index (χ0v) is 34.5. The minimum Gasteiger partial charge on any atom is -0.445 e. The number of aliphatic hydroxyl groups excluding tert-OH is 2. The molecule has 0 saturated carbocycles. The number of ether oxygens (including phenoxy) is 2. The van der Waals surface area contributed by atoms with Crippen LogP contribution in [0.2, 0.25) is 0 Å². The fourth-order valence-corrected chi connectivity index (χ4v) is 7.42. The summed E-state index contributed by atoms with van der Waals surface area (Å²) in [6.45, 7) is 7.00. The van der Waals surface area contributed by atoms with Crippen LogP contribution in [-0.2, 0) is 32.3 Å². The third-order valence-electron chi connectivity index (χ3n) is 8.80. The lowest BCUT2D eigenvalue weighted by Gasteiger charge is -2.34. The van der Waals surface area contributed by atoms with Crippen molar-refractivity contribution in [3.05, 3.63) is 121 Å². The molecule has 2 aromatic carbocycles. The fraction of sp³-hybridized carbons (Fsp3) is 0.381. The van der Waals surface area contributed by atoms with Crippen LogP contribution >= 0.6 is 23.5 Å². The summed E-state index contributed by atoms with van der Waals surface area (Å²) < 4.78 is 10.7. The van der Waals surface area contributed by atoms with Gasteiger partial charge in [-0.2, -0.15) is 0 Å². The summed E-state index contributed by atoms with van der Waals surface area (Å²) in [5.74, 6) is -1.91. The van der Waals surface area contributed by atoms with Crippen molar-refractivity contribution >= 4 is 47.5 Å². The minimum absolute atomic E-state index is 0.000957. The van der Waals surface area contributed by atoms with E-state index in [-0.39, 0.29) is 24.7 Å². The average Bonchev–Trinajstić information content (AvgIpc) is 3.23. The Hall–Kier alpha value is -5.16. The molecule has 14 nitrogen and oxygen atoms in total. The van der Waals surface area contributed by atoms with E-state index >= 15 is 0 Å². The van der Waals surface area contributed by atoms with Crippen molar-refractivity contribution in [2.24, 2.45) is 11.8 Å². The fourth-order valence-electron chi connectivity index (χ4n) is 5.54. The molecule has 4 rings (SSSR count). The van der Waals surface area contributed by atoms with Crippen LogP contribution in [0.3, 0.4) is 0 Å². The van der Waals surface area contributed by atoms with E-state index in [9.17, 15) is 29.4 Å². The zero-order valence-electron chi connectivity index (χ0n) is 32.9. The summed E-state index contributed by atoms with van der Waals surface area (Å²) in [7, 11) is 0. The third-order valence-corrected chi connectivity index (χ3v) is 10.9. The first-order valence-corrected chi connectivity index (χ1v) is 20.9. The molecule has 58 heavy (non-hydrogen) atoms. The lowest BCUT2D eigenvalue weighted by molar-refractivity contribution is -0.128. The van der Waals surface area contributed by atoms with Crippen LogP contribution in [0.1, 0.15) is 38.8 Å². The molecule has 0 aliphatic rings. The Bertz CT molecular complexity index is 1710. The number of hydrogen-bond donors (Lipinski definition) is 6. The van der Waals surface area contributed by atoms with Crippen LogP contribution in [0.5, 0.6) is 0 Å². The summed E-state index contributed by atoms with van der Waals surface area (Å²) >= 11 is 2.48. The molecular weight excluding hydrogens is 781 g/mol. The number of alkyl carbamates (subject to hydrolysis) is 2. The highest BCUT2D eigenvalue weighted by Crippen LogP contribution is 2.22. The Kier molecular flexibility index (Phi) is 18.8. The van der Waals surface area contributed by atoms with Gasteiger partial charge in [0, 0.05) is 23.9 Å². The van der Waals surface area contributed by atoms with E-state index in [1.807, 2.05) is 60.7 Å². The van der Waals surface area contributed by atoms with Crippen molar-refractivity contribution in [3.8, 4) is 0 Å². The normalized spacial score (nSPS) is 14.3. The first-order chi connectivity index (χ1) is 27.9. The Balaban J connectivity index is 1.52. The number of hydrogen-bond acceptors (Lipinski definition) is 12. The Morgan fingerprint density at radius 3 is 1.24 bits per heavy atom. The van der Waals surface area contributed by atoms with E-state index < -0.39 is 72.2 Å². The van der Waals surface area contributed by atoms with Crippen molar-refractivity contribution in [1.29, 1.82) is 0 Å². The molecule has 2 aromatic heterocycles.